The van der Waals surface area contributed by atoms with E-state index in [9.17, 15) is 0 Å². The summed E-state index contributed by atoms with van der Waals surface area (Å²) >= 11 is 1.78. The zero-order chi connectivity index (χ0) is 15.2. The highest BCUT2D eigenvalue weighted by Crippen LogP contribution is 2.32. The van der Waals surface area contributed by atoms with Gasteiger partial charge in [-0.1, -0.05) is 24.3 Å². The average Bonchev–Trinajstić information content (AvgIpc) is 2.95. The van der Waals surface area contributed by atoms with Gasteiger partial charge in [0.05, 0.1) is 28.8 Å². The molecule has 0 fully saturated rings. The topological polar surface area (TPSA) is 56.5 Å². The standard InChI is InChI=1S/C17H13N5S/c1-2-4-13-11(3-1)5-6-12(20-13)9-22-16-15-14(21-22)7-8-23-17(15)19-10-18-16/h1-6,10H,7-9H2. The van der Waals surface area contributed by atoms with Crippen LogP contribution in [-0.4, -0.2) is 30.5 Å². The van der Waals surface area contributed by atoms with Gasteiger partial charge < -0.3 is 0 Å². The summed E-state index contributed by atoms with van der Waals surface area (Å²) in [6, 6.07) is 12.3. The number of fused-ring (bicyclic) bond motifs is 1. The van der Waals surface area contributed by atoms with E-state index in [2.05, 4.69) is 28.2 Å². The Bertz CT molecular complexity index is 1040. The molecule has 0 saturated heterocycles. The van der Waals surface area contributed by atoms with Gasteiger partial charge in [0, 0.05) is 17.6 Å². The van der Waals surface area contributed by atoms with E-state index in [1.54, 1.807) is 18.1 Å². The minimum Gasteiger partial charge on any atom is -0.251 e. The van der Waals surface area contributed by atoms with Crippen molar-refractivity contribution in [3.63, 3.8) is 0 Å². The number of para-hydroxylation sites is 1. The van der Waals surface area contributed by atoms with Crippen LogP contribution < -0.4 is 0 Å². The normalized spacial score (nSPS) is 13.7. The SMILES string of the molecule is c1ccc2nc(Cn3nc4c5c(ncnc53)SCC4)ccc2c1. The lowest BCUT2D eigenvalue weighted by atomic mass is 10.2. The van der Waals surface area contributed by atoms with Crippen molar-refractivity contribution in [1.82, 2.24) is 24.7 Å². The van der Waals surface area contributed by atoms with Crippen LogP contribution in [0.4, 0.5) is 0 Å². The van der Waals surface area contributed by atoms with E-state index in [1.165, 1.54) is 0 Å². The molecule has 0 aliphatic carbocycles. The molecule has 0 saturated carbocycles. The number of hydrogen-bond donors (Lipinski definition) is 0. The maximum Gasteiger partial charge on any atom is 0.162 e. The van der Waals surface area contributed by atoms with Crippen LogP contribution in [0.2, 0.25) is 0 Å². The van der Waals surface area contributed by atoms with Crippen LogP contribution in [0.3, 0.4) is 0 Å². The average molecular weight is 319 g/mol. The molecule has 3 aromatic heterocycles. The maximum absolute atomic E-state index is 4.76. The Labute approximate surface area is 136 Å². The van der Waals surface area contributed by atoms with E-state index in [0.29, 0.717) is 6.54 Å². The lowest BCUT2D eigenvalue weighted by Gasteiger charge is -2.07. The summed E-state index contributed by atoms with van der Waals surface area (Å²) in [6.45, 7) is 0.627. The summed E-state index contributed by atoms with van der Waals surface area (Å²) in [6.07, 6.45) is 2.60. The molecule has 0 spiro atoms. The third-order valence-electron chi connectivity index (χ3n) is 4.11. The third kappa shape index (κ3) is 2.09. The molecule has 4 heterocycles. The zero-order valence-corrected chi connectivity index (χ0v) is 13.1. The number of hydrogen-bond acceptors (Lipinski definition) is 5. The first-order valence-electron chi connectivity index (χ1n) is 7.56. The number of aryl methyl sites for hydroxylation is 1. The van der Waals surface area contributed by atoms with Gasteiger partial charge in [0.2, 0.25) is 0 Å². The Morgan fingerprint density at radius 2 is 2.04 bits per heavy atom. The number of aromatic nitrogens is 5. The fourth-order valence-corrected chi connectivity index (χ4v) is 4.00. The molecule has 5 nitrogen and oxygen atoms in total. The highest BCUT2D eigenvalue weighted by atomic mass is 32.2. The van der Waals surface area contributed by atoms with Crippen LogP contribution in [0.15, 0.2) is 47.8 Å². The van der Waals surface area contributed by atoms with Crippen LogP contribution in [0.1, 0.15) is 11.4 Å². The largest absolute Gasteiger partial charge is 0.251 e. The van der Waals surface area contributed by atoms with Crippen molar-refractivity contribution in [2.75, 3.05) is 5.75 Å². The van der Waals surface area contributed by atoms with Crippen molar-refractivity contribution in [3.05, 3.63) is 54.1 Å². The van der Waals surface area contributed by atoms with Gasteiger partial charge in [-0.2, -0.15) is 5.10 Å². The molecule has 0 bridgehead atoms. The van der Waals surface area contributed by atoms with E-state index in [0.717, 1.165) is 50.5 Å². The molecule has 0 atom stereocenters. The maximum atomic E-state index is 4.76. The number of nitrogens with zero attached hydrogens (tertiary/aromatic N) is 5. The fraction of sp³-hybridized carbons (Fsp3) is 0.176. The van der Waals surface area contributed by atoms with Crippen LogP contribution in [-0.2, 0) is 13.0 Å². The van der Waals surface area contributed by atoms with Gasteiger partial charge in [0.15, 0.2) is 5.65 Å². The van der Waals surface area contributed by atoms with E-state index in [4.69, 9.17) is 10.1 Å². The Morgan fingerprint density at radius 3 is 3.04 bits per heavy atom. The third-order valence-corrected chi connectivity index (χ3v) is 5.10. The number of benzene rings is 1. The molecule has 0 amide bonds. The van der Waals surface area contributed by atoms with E-state index >= 15 is 0 Å². The molecule has 0 N–H and O–H groups in total. The lowest BCUT2D eigenvalue weighted by molar-refractivity contribution is 0.678. The molecule has 4 aromatic rings. The van der Waals surface area contributed by atoms with Crippen molar-refractivity contribution in [3.8, 4) is 0 Å². The number of rotatable bonds is 2. The van der Waals surface area contributed by atoms with E-state index in [1.807, 2.05) is 22.9 Å². The monoisotopic (exact) mass is 319 g/mol. The summed E-state index contributed by atoms with van der Waals surface area (Å²) in [5.74, 6) is 1.03. The van der Waals surface area contributed by atoms with E-state index in [-0.39, 0.29) is 0 Å². The molecule has 0 unspecified atom stereocenters. The summed E-state index contributed by atoms with van der Waals surface area (Å²) < 4.78 is 1.96. The number of thioether (sulfide) groups is 1. The molecule has 112 valence electrons. The first-order valence-corrected chi connectivity index (χ1v) is 8.55. The Morgan fingerprint density at radius 1 is 1.09 bits per heavy atom. The van der Waals surface area contributed by atoms with Gasteiger partial charge in [-0.25, -0.2) is 14.6 Å². The van der Waals surface area contributed by atoms with Gasteiger partial charge in [-0.15, -0.1) is 11.8 Å². The second-order valence-electron chi connectivity index (χ2n) is 5.58. The Balaban J connectivity index is 1.62. The van der Waals surface area contributed by atoms with Gasteiger partial charge in [-0.05, 0) is 12.1 Å². The minimum absolute atomic E-state index is 0.627. The first kappa shape index (κ1) is 13.0. The summed E-state index contributed by atoms with van der Waals surface area (Å²) in [5.41, 5.74) is 4.02. The predicted octanol–water partition coefficient (Wildman–Crippen LogP) is 3.07. The Kier molecular flexibility index (Phi) is 2.84. The van der Waals surface area contributed by atoms with Gasteiger partial charge in [0.25, 0.3) is 0 Å². The highest BCUT2D eigenvalue weighted by molar-refractivity contribution is 7.99. The van der Waals surface area contributed by atoms with Crippen LogP contribution >= 0.6 is 11.8 Å². The summed E-state index contributed by atoms with van der Waals surface area (Å²) in [5, 5.41) is 8.08. The van der Waals surface area contributed by atoms with Gasteiger partial charge in [-0.3, -0.25) is 4.98 Å². The second-order valence-corrected chi connectivity index (χ2v) is 6.66. The summed E-state index contributed by atoms with van der Waals surface area (Å²) in [7, 11) is 0. The van der Waals surface area contributed by atoms with Gasteiger partial charge >= 0.3 is 0 Å². The molecule has 0 radical (unpaired) electrons. The van der Waals surface area contributed by atoms with Gasteiger partial charge in [0.1, 0.15) is 11.4 Å². The number of pyridine rings is 1. The highest BCUT2D eigenvalue weighted by Gasteiger charge is 2.20. The molecule has 1 aromatic carbocycles. The minimum atomic E-state index is 0.627. The molecule has 5 rings (SSSR count). The van der Waals surface area contributed by atoms with Crippen molar-refractivity contribution < 1.29 is 0 Å². The molecule has 1 aliphatic rings. The molecule has 23 heavy (non-hydrogen) atoms. The first-order chi connectivity index (χ1) is 11.4. The summed E-state index contributed by atoms with van der Waals surface area (Å²) in [4.78, 5) is 13.6. The Hall–Kier alpha value is -2.47. The van der Waals surface area contributed by atoms with Crippen molar-refractivity contribution >= 4 is 33.7 Å². The zero-order valence-electron chi connectivity index (χ0n) is 12.3. The fourth-order valence-electron chi connectivity index (χ4n) is 3.04. The van der Waals surface area contributed by atoms with Crippen LogP contribution in [0.5, 0.6) is 0 Å². The van der Waals surface area contributed by atoms with Crippen molar-refractivity contribution in [2.45, 2.75) is 18.0 Å². The van der Waals surface area contributed by atoms with Crippen LogP contribution in [0.25, 0.3) is 21.9 Å². The second kappa shape index (κ2) is 5.03. The van der Waals surface area contributed by atoms with Crippen molar-refractivity contribution in [1.29, 1.82) is 0 Å². The lowest BCUT2D eigenvalue weighted by Crippen LogP contribution is -2.05. The quantitative estimate of drug-likeness (QED) is 0.532. The molecular weight excluding hydrogens is 306 g/mol. The molecule has 1 aliphatic heterocycles. The van der Waals surface area contributed by atoms with E-state index < -0.39 is 0 Å². The molecule has 6 heteroatoms. The van der Waals surface area contributed by atoms with Crippen LogP contribution in [0, 0.1) is 0 Å². The predicted molar refractivity (Wildman–Crippen MR) is 90.6 cm³/mol. The van der Waals surface area contributed by atoms with Crippen molar-refractivity contribution in [2.24, 2.45) is 0 Å². The smallest absolute Gasteiger partial charge is 0.162 e. The molecular formula is C17H13N5S.